The minimum absolute atomic E-state index is 0.0325. The van der Waals surface area contributed by atoms with E-state index >= 15 is 0 Å². The van der Waals surface area contributed by atoms with Gasteiger partial charge in [0.25, 0.3) is 0 Å². The van der Waals surface area contributed by atoms with E-state index in [2.05, 4.69) is 0 Å². The lowest BCUT2D eigenvalue weighted by Gasteiger charge is -2.19. The molecule has 4 heteroatoms. The van der Waals surface area contributed by atoms with Gasteiger partial charge in [0.05, 0.1) is 0 Å². The molecule has 0 aliphatic heterocycles. The number of hydrogen-bond acceptors (Lipinski definition) is 1. The van der Waals surface area contributed by atoms with Gasteiger partial charge in [0.15, 0.2) is 5.78 Å². The first-order chi connectivity index (χ1) is 5.39. The lowest BCUT2D eigenvalue weighted by atomic mass is 9.89. The van der Waals surface area contributed by atoms with Gasteiger partial charge in [-0.05, 0) is 18.4 Å². The summed E-state index contributed by atoms with van der Waals surface area (Å²) in [6.07, 6.45) is -3.40. The molecule has 0 spiro atoms. The molecule has 1 atom stereocenters. The van der Waals surface area contributed by atoms with Gasteiger partial charge in [0.2, 0.25) is 0 Å². The van der Waals surface area contributed by atoms with Crippen LogP contribution in [0.3, 0.4) is 0 Å². The molecule has 12 heavy (non-hydrogen) atoms. The van der Waals surface area contributed by atoms with Crippen molar-refractivity contribution >= 4 is 5.78 Å². The summed E-state index contributed by atoms with van der Waals surface area (Å²) in [6, 6.07) is 0. The van der Waals surface area contributed by atoms with Crippen molar-refractivity contribution in [1.82, 2.24) is 0 Å². The van der Waals surface area contributed by atoms with Crippen molar-refractivity contribution in [2.45, 2.75) is 25.9 Å². The number of ketones is 1. The van der Waals surface area contributed by atoms with Gasteiger partial charge in [-0.25, -0.2) is 0 Å². The number of hydrogen-bond donors (Lipinski definition) is 0. The molecule has 0 saturated heterocycles. The molecule has 1 rings (SSSR count). The van der Waals surface area contributed by atoms with E-state index in [1.165, 1.54) is 0 Å². The molecule has 0 N–H and O–H groups in total. The Balaban J connectivity index is 2.84. The summed E-state index contributed by atoms with van der Waals surface area (Å²) in [5.41, 5.74) is -0.689. The summed E-state index contributed by atoms with van der Waals surface area (Å²) in [6.45, 7) is 1.65. The SMILES string of the molecule is CC1CC(=O)C=C(C(F)(F)F)C1. The predicted molar refractivity (Wildman–Crippen MR) is 37.5 cm³/mol. The molecule has 68 valence electrons. The van der Waals surface area contributed by atoms with Crippen molar-refractivity contribution in [2.24, 2.45) is 5.92 Å². The minimum atomic E-state index is -4.33. The second-order valence-electron chi connectivity index (χ2n) is 3.15. The van der Waals surface area contributed by atoms with Crippen LogP contribution >= 0.6 is 0 Å². The lowest BCUT2D eigenvalue weighted by molar-refractivity contribution is -0.119. The third-order valence-electron chi connectivity index (χ3n) is 1.82. The third kappa shape index (κ3) is 2.09. The van der Waals surface area contributed by atoms with Gasteiger partial charge in [-0.3, -0.25) is 4.79 Å². The highest BCUT2D eigenvalue weighted by atomic mass is 19.4. The summed E-state index contributed by atoms with van der Waals surface area (Å²) in [5.74, 6) is -0.597. The van der Waals surface area contributed by atoms with Gasteiger partial charge in [0, 0.05) is 12.0 Å². The molecule has 0 radical (unpaired) electrons. The Bertz CT molecular complexity index is 227. The maximum absolute atomic E-state index is 12.1. The van der Waals surface area contributed by atoms with Gasteiger partial charge in [-0.1, -0.05) is 6.92 Å². The first-order valence-electron chi connectivity index (χ1n) is 3.70. The van der Waals surface area contributed by atoms with Gasteiger partial charge in [0.1, 0.15) is 0 Å². The molecule has 0 aromatic heterocycles. The number of rotatable bonds is 0. The number of carbonyl (C=O) groups is 1. The van der Waals surface area contributed by atoms with Crippen LogP contribution in [0.4, 0.5) is 13.2 Å². The minimum Gasteiger partial charge on any atom is -0.295 e. The zero-order chi connectivity index (χ0) is 9.35. The summed E-state index contributed by atoms with van der Waals surface area (Å²) in [7, 11) is 0. The van der Waals surface area contributed by atoms with Crippen LogP contribution in [0.15, 0.2) is 11.6 Å². The molecule has 1 aliphatic carbocycles. The number of carbonyl (C=O) groups excluding carboxylic acids is 1. The van der Waals surface area contributed by atoms with Crippen LogP contribution < -0.4 is 0 Å². The Morgan fingerprint density at radius 2 is 2.00 bits per heavy atom. The quantitative estimate of drug-likeness (QED) is 0.556. The normalized spacial score (nSPS) is 25.5. The maximum Gasteiger partial charge on any atom is 0.412 e. The van der Waals surface area contributed by atoms with E-state index in [0.717, 1.165) is 6.08 Å². The highest BCUT2D eigenvalue weighted by Gasteiger charge is 2.36. The summed E-state index contributed by atoms with van der Waals surface area (Å²) in [5, 5.41) is 0. The average molecular weight is 178 g/mol. The van der Waals surface area contributed by atoms with Crippen molar-refractivity contribution in [3.63, 3.8) is 0 Å². The Kier molecular flexibility index (Phi) is 2.26. The summed E-state index contributed by atoms with van der Waals surface area (Å²) in [4.78, 5) is 10.8. The topological polar surface area (TPSA) is 17.1 Å². The van der Waals surface area contributed by atoms with E-state index in [1.54, 1.807) is 6.92 Å². The molecular weight excluding hydrogens is 169 g/mol. The third-order valence-corrected chi connectivity index (χ3v) is 1.82. The Labute approximate surface area is 68.3 Å². The van der Waals surface area contributed by atoms with Crippen molar-refractivity contribution in [3.05, 3.63) is 11.6 Å². The van der Waals surface area contributed by atoms with Crippen molar-refractivity contribution in [1.29, 1.82) is 0 Å². The molecular formula is C8H9F3O. The smallest absolute Gasteiger partial charge is 0.295 e. The molecule has 0 heterocycles. The highest BCUT2D eigenvalue weighted by Crippen LogP contribution is 2.34. The summed E-state index contributed by atoms with van der Waals surface area (Å²) < 4.78 is 36.2. The molecule has 0 fully saturated rings. The number of allylic oxidation sites excluding steroid dienone is 2. The monoisotopic (exact) mass is 178 g/mol. The molecule has 1 nitrogen and oxygen atoms in total. The fraction of sp³-hybridized carbons (Fsp3) is 0.625. The van der Waals surface area contributed by atoms with E-state index in [-0.39, 0.29) is 18.8 Å². The van der Waals surface area contributed by atoms with E-state index in [4.69, 9.17) is 0 Å². The molecule has 0 aromatic rings. The molecule has 0 saturated carbocycles. The Hall–Kier alpha value is -0.800. The first kappa shape index (κ1) is 9.29. The second kappa shape index (κ2) is 2.92. The maximum atomic E-state index is 12.1. The van der Waals surface area contributed by atoms with Crippen LogP contribution in [0.25, 0.3) is 0 Å². The lowest BCUT2D eigenvalue weighted by Crippen LogP contribution is -2.21. The Morgan fingerprint density at radius 3 is 2.42 bits per heavy atom. The van der Waals surface area contributed by atoms with Crippen LogP contribution in [-0.4, -0.2) is 12.0 Å². The van der Waals surface area contributed by atoms with E-state index < -0.39 is 17.5 Å². The molecule has 1 aliphatic rings. The second-order valence-corrected chi connectivity index (χ2v) is 3.15. The van der Waals surface area contributed by atoms with E-state index in [9.17, 15) is 18.0 Å². The van der Waals surface area contributed by atoms with Crippen LogP contribution in [0.5, 0.6) is 0 Å². The highest BCUT2D eigenvalue weighted by molar-refractivity contribution is 5.91. The van der Waals surface area contributed by atoms with Crippen LogP contribution in [0, 0.1) is 5.92 Å². The van der Waals surface area contributed by atoms with E-state index in [0.29, 0.717) is 0 Å². The molecule has 0 aromatic carbocycles. The van der Waals surface area contributed by atoms with Crippen molar-refractivity contribution in [2.75, 3.05) is 0 Å². The molecule has 1 unspecified atom stereocenters. The fourth-order valence-corrected chi connectivity index (χ4v) is 1.30. The number of alkyl halides is 3. The van der Waals surface area contributed by atoms with Crippen LogP contribution in [-0.2, 0) is 4.79 Å². The Morgan fingerprint density at radius 1 is 1.42 bits per heavy atom. The number of halogens is 3. The van der Waals surface area contributed by atoms with Gasteiger partial charge in [-0.15, -0.1) is 0 Å². The standard InChI is InChI=1S/C8H9F3O/c1-5-2-6(8(9,10)11)4-7(12)3-5/h4-5H,2-3H2,1H3. The zero-order valence-corrected chi connectivity index (χ0v) is 6.61. The summed E-state index contributed by atoms with van der Waals surface area (Å²) >= 11 is 0. The predicted octanol–water partition coefficient (Wildman–Crippen LogP) is 2.47. The van der Waals surface area contributed by atoms with Crippen LogP contribution in [0.2, 0.25) is 0 Å². The van der Waals surface area contributed by atoms with Gasteiger partial charge >= 0.3 is 6.18 Å². The fourth-order valence-electron chi connectivity index (χ4n) is 1.30. The molecule has 0 bridgehead atoms. The van der Waals surface area contributed by atoms with Crippen molar-refractivity contribution < 1.29 is 18.0 Å². The average Bonchev–Trinajstić information content (AvgIpc) is 1.82. The van der Waals surface area contributed by atoms with Crippen LogP contribution in [0.1, 0.15) is 19.8 Å². The van der Waals surface area contributed by atoms with Gasteiger partial charge in [-0.2, -0.15) is 13.2 Å². The molecule has 0 amide bonds. The van der Waals surface area contributed by atoms with Gasteiger partial charge < -0.3 is 0 Å². The van der Waals surface area contributed by atoms with E-state index in [1.807, 2.05) is 0 Å². The zero-order valence-electron chi connectivity index (χ0n) is 6.61. The first-order valence-corrected chi connectivity index (χ1v) is 3.70. The largest absolute Gasteiger partial charge is 0.412 e. The van der Waals surface area contributed by atoms with Crippen molar-refractivity contribution in [3.8, 4) is 0 Å².